The second kappa shape index (κ2) is 13.5. The third-order valence-corrected chi connectivity index (χ3v) is 6.91. The molecule has 0 bridgehead atoms. The lowest BCUT2D eigenvalue weighted by Gasteiger charge is -2.37. The SMILES string of the molecule is COc1cc2ccc(=O)oc2c(OC)c1OC[C@@H](OC(=O)[C@@](OC)(c1ccccc1)C(F)(F)F)[C@](C)(O)CCC=C(C)C. The summed E-state index contributed by atoms with van der Waals surface area (Å²) in [5.41, 5.74) is -5.58. The van der Waals surface area contributed by atoms with Gasteiger partial charge in [0.25, 0.3) is 5.60 Å². The lowest BCUT2D eigenvalue weighted by atomic mass is 9.90. The van der Waals surface area contributed by atoms with Crippen molar-refractivity contribution in [2.45, 2.75) is 57.1 Å². The molecule has 1 N–H and O–H groups in total. The van der Waals surface area contributed by atoms with E-state index in [0.29, 0.717) is 11.8 Å². The Morgan fingerprint density at radius 3 is 2.26 bits per heavy atom. The largest absolute Gasteiger partial charge is 0.493 e. The number of ether oxygens (including phenoxy) is 5. The molecule has 3 atom stereocenters. The molecule has 3 aromatic rings. The van der Waals surface area contributed by atoms with E-state index in [4.69, 9.17) is 28.1 Å². The van der Waals surface area contributed by atoms with E-state index in [9.17, 15) is 27.9 Å². The molecule has 234 valence electrons. The minimum absolute atomic E-state index is 0.00229. The van der Waals surface area contributed by atoms with Crippen LogP contribution in [0.3, 0.4) is 0 Å². The first-order valence-corrected chi connectivity index (χ1v) is 13.3. The summed E-state index contributed by atoms with van der Waals surface area (Å²) in [6.07, 6.45) is -4.74. The van der Waals surface area contributed by atoms with Crippen LogP contribution in [-0.2, 0) is 19.9 Å². The molecule has 0 unspecified atom stereocenters. The van der Waals surface area contributed by atoms with E-state index in [2.05, 4.69) is 0 Å². The van der Waals surface area contributed by atoms with Gasteiger partial charge in [-0.25, -0.2) is 9.59 Å². The van der Waals surface area contributed by atoms with Gasteiger partial charge in [0.05, 0.1) is 14.2 Å². The number of aliphatic hydroxyl groups is 1. The summed E-state index contributed by atoms with van der Waals surface area (Å²) < 4.78 is 76.1. The number of carbonyl (C=O) groups is 1. The number of hydrogen-bond acceptors (Lipinski definition) is 9. The van der Waals surface area contributed by atoms with Crippen molar-refractivity contribution in [1.82, 2.24) is 0 Å². The van der Waals surface area contributed by atoms with Crippen LogP contribution < -0.4 is 19.8 Å². The Morgan fingerprint density at radius 2 is 1.70 bits per heavy atom. The van der Waals surface area contributed by atoms with E-state index >= 15 is 0 Å². The summed E-state index contributed by atoms with van der Waals surface area (Å²) in [6.45, 7) is 4.38. The highest BCUT2D eigenvalue weighted by atomic mass is 19.4. The quantitative estimate of drug-likeness (QED) is 0.148. The summed E-state index contributed by atoms with van der Waals surface area (Å²) in [4.78, 5) is 25.4. The maximum Gasteiger partial charge on any atom is 0.432 e. The molecule has 0 spiro atoms. The fourth-order valence-electron chi connectivity index (χ4n) is 4.53. The first kappa shape index (κ1) is 33.5. The number of methoxy groups -OCH3 is 3. The van der Waals surface area contributed by atoms with Crippen molar-refractivity contribution in [3.8, 4) is 17.2 Å². The van der Waals surface area contributed by atoms with E-state index in [1.165, 1.54) is 57.5 Å². The Kier molecular flexibility index (Phi) is 10.5. The van der Waals surface area contributed by atoms with Crippen LogP contribution in [0.15, 0.2) is 69.4 Å². The highest BCUT2D eigenvalue weighted by molar-refractivity contribution is 5.88. The third kappa shape index (κ3) is 7.14. The standard InChI is InChI=1S/C31H35F3O9/c1-19(2)11-10-16-29(3,37)23(42-28(36)30(40-6,31(32,33)34)21-12-8-7-9-13-21)18-41-26-22(38-4)17-20-14-15-24(35)43-25(20)27(26)39-5/h7-9,11-15,17,23,37H,10,16,18H2,1-6H3/t23-,29-,30+/m1/s1. The average molecular weight is 609 g/mol. The number of carbonyl (C=O) groups excluding carboxylic acids is 1. The van der Waals surface area contributed by atoms with Gasteiger partial charge in [0.2, 0.25) is 11.5 Å². The Labute approximate surface area is 246 Å². The van der Waals surface area contributed by atoms with Crippen molar-refractivity contribution in [2.24, 2.45) is 0 Å². The highest BCUT2D eigenvalue weighted by Crippen LogP contribution is 2.45. The van der Waals surface area contributed by atoms with E-state index in [0.717, 1.165) is 24.8 Å². The van der Waals surface area contributed by atoms with Crippen molar-refractivity contribution < 1.29 is 51.2 Å². The number of halogens is 3. The van der Waals surface area contributed by atoms with Gasteiger partial charge >= 0.3 is 17.8 Å². The molecule has 0 amide bonds. The molecule has 12 heteroatoms. The van der Waals surface area contributed by atoms with Crippen molar-refractivity contribution in [1.29, 1.82) is 0 Å². The topological polar surface area (TPSA) is 114 Å². The van der Waals surface area contributed by atoms with E-state index < -0.39 is 47.2 Å². The number of allylic oxidation sites excluding steroid dienone is 2. The number of esters is 1. The molecular weight excluding hydrogens is 573 g/mol. The third-order valence-electron chi connectivity index (χ3n) is 6.91. The van der Waals surface area contributed by atoms with Gasteiger partial charge in [-0.05, 0) is 45.7 Å². The van der Waals surface area contributed by atoms with Crippen LogP contribution >= 0.6 is 0 Å². The zero-order chi connectivity index (χ0) is 32.0. The number of benzene rings is 2. The van der Waals surface area contributed by atoms with Crippen LogP contribution in [0, 0.1) is 0 Å². The van der Waals surface area contributed by atoms with Gasteiger partial charge in [-0.15, -0.1) is 0 Å². The second-order valence-corrected chi connectivity index (χ2v) is 10.2. The Bertz CT molecular complexity index is 1490. The van der Waals surface area contributed by atoms with Crippen molar-refractivity contribution in [3.05, 3.63) is 76.2 Å². The smallest absolute Gasteiger partial charge is 0.432 e. The van der Waals surface area contributed by atoms with E-state index in [-0.39, 0.29) is 29.3 Å². The molecule has 3 rings (SSSR count). The molecule has 0 aliphatic rings. The number of rotatable bonds is 13. The summed E-state index contributed by atoms with van der Waals surface area (Å²) in [6, 6.07) is 10.5. The van der Waals surface area contributed by atoms with Gasteiger partial charge in [0.1, 0.15) is 12.2 Å². The first-order chi connectivity index (χ1) is 20.2. The van der Waals surface area contributed by atoms with Gasteiger partial charge in [0, 0.05) is 24.1 Å². The minimum Gasteiger partial charge on any atom is -0.493 e. The van der Waals surface area contributed by atoms with E-state index in [1.54, 1.807) is 0 Å². The zero-order valence-electron chi connectivity index (χ0n) is 24.7. The molecule has 9 nitrogen and oxygen atoms in total. The predicted molar refractivity (Wildman–Crippen MR) is 151 cm³/mol. The summed E-state index contributed by atoms with van der Waals surface area (Å²) in [5, 5.41) is 11.9. The number of alkyl halides is 3. The van der Waals surface area contributed by atoms with Crippen LogP contribution in [0.2, 0.25) is 0 Å². The molecule has 0 saturated heterocycles. The molecule has 1 heterocycles. The molecule has 0 aliphatic heterocycles. The molecule has 0 radical (unpaired) electrons. The zero-order valence-corrected chi connectivity index (χ0v) is 24.7. The average Bonchev–Trinajstić information content (AvgIpc) is 2.94. The van der Waals surface area contributed by atoms with Crippen molar-refractivity contribution >= 4 is 16.9 Å². The second-order valence-electron chi connectivity index (χ2n) is 10.2. The number of fused-ring (bicyclic) bond motifs is 1. The summed E-state index contributed by atoms with van der Waals surface area (Å²) >= 11 is 0. The lowest BCUT2D eigenvalue weighted by Crippen LogP contribution is -2.55. The van der Waals surface area contributed by atoms with Crippen molar-refractivity contribution in [2.75, 3.05) is 27.9 Å². The minimum atomic E-state index is -5.23. The summed E-state index contributed by atoms with van der Waals surface area (Å²) in [5.74, 6) is -1.82. The molecular formula is C31H35F3O9. The van der Waals surface area contributed by atoms with Gasteiger partial charge in [-0.2, -0.15) is 13.2 Å². The fourth-order valence-corrected chi connectivity index (χ4v) is 4.53. The lowest BCUT2D eigenvalue weighted by molar-refractivity contribution is -0.281. The van der Waals surface area contributed by atoms with Crippen LogP contribution in [0.1, 0.15) is 39.2 Å². The molecule has 0 fully saturated rings. The first-order valence-electron chi connectivity index (χ1n) is 13.3. The van der Waals surface area contributed by atoms with Gasteiger partial charge in [-0.1, -0.05) is 42.0 Å². The predicted octanol–water partition coefficient (Wildman–Crippen LogP) is 5.70. The Balaban J connectivity index is 2.08. The molecule has 0 aliphatic carbocycles. The van der Waals surface area contributed by atoms with E-state index in [1.807, 2.05) is 19.9 Å². The normalized spacial score (nSPS) is 15.1. The van der Waals surface area contributed by atoms with Crippen LogP contribution in [0.4, 0.5) is 13.2 Å². The molecule has 43 heavy (non-hydrogen) atoms. The van der Waals surface area contributed by atoms with Gasteiger partial charge in [0.15, 0.2) is 17.4 Å². The molecule has 0 saturated carbocycles. The Morgan fingerprint density at radius 1 is 1.02 bits per heavy atom. The Hall–Kier alpha value is -4.03. The van der Waals surface area contributed by atoms with Crippen LogP contribution in [0.25, 0.3) is 11.0 Å². The van der Waals surface area contributed by atoms with Crippen LogP contribution in [0.5, 0.6) is 17.2 Å². The van der Waals surface area contributed by atoms with Gasteiger partial charge in [-0.3, -0.25) is 0 Å². The summed E-state index contributed by atoms with van der Waals surface area (Å²) in [7, 11) is 3.38. The van der Waals surface area contributed by atoms with Crippen LogP contribution in [-0.4, -0.2) is 56.9 Å². The maximum absolute atomic E-state index is 14.6. The maximum atomic E-state index is 14.6. The van der Waals surface area contributed by atoms with Crippen molar-refractivity contribution in [3.63, 3.8) is 0 Å². The monoisotopic (exact) mass is 608 g/mol. The highest BCUT2D eigenvalue weighted by Gasteiger charge is 2.64. The molecule has 2 aromatic carbocycles. The molecule has 1 aromatic heterocycles. The fraction of sp³-hybridized carbons (Fsp3) is 0.419. The van der Waals surface area contributed by atoms with Gasteiger partial charge < -0.3 is 33.2 Å². The number of hydrogen-bond donors (Lipinski definition) is 1.